The van der Waals surface area contributed by atoms with Crippen LogP contribution in [0.1, 0.15) is 19.4 Å². The summed E-state index contributed by atoms with van der Waals surface area (Å²) in [5.41, 5.74) is 6.79. The van der Waals surface area contributed by atoms with E-state index in [-0.39, 0.29) is 10.6 Å². The molecular formula is C11H15NO2S. The lowest BCUT2D eigenvalue weighted by atomic mass is 10.2. The zero-order chi connectivity index (χ0) is 11.6. The number of nitrogens with two attached hydrogens (primary N) is 1. The summed E-state index contributed by atoms with van der Waals surface area (Å²) in [7, 11) is -3.29. The number of sulfone groups is 1. The standard InChI is InChI=1S/C11H15NO2S/c1-4-9-5-6-11(10(12)7-9)15(13,14)8(2)3/h4-8H,1,12H2,2-3H3. The molecule has 0 aliphatic heterocycles. The number of hydrogen-bond donors (Lipinski definition) is 1. The van der Waals surface area contributed by atoms with Crippen molar-refractivity contribution in [2.45, 2.75) is 24.0 Å². The van der Waals surface area contributed by atoms with Crippen LogP contribution >= 0.6 is 0 Å². The number of nitrogen functional groups attached to an aromatic ring is 1. The number of benzene rings is 1. The summed E-state index contributed by atoms with van der Waals surface area (Å²) in [6.45, 7) is 6.86. The molecule has 0 atom stereocenters. The van der Waals surface area contributed by atoms with E-state index in [1.165, 1.54) is 6.07 Å². The maximum atomic E-state index is 11.8. The lowest BCUT2D eigenvalue weighted by molar-refractivity contribution is 0.588. The summed E-state index contributed by atoms with van der Waals surface area (Å²) >= 11 is 0. The third kappa shape index (κ3) is 2.21. The molecule has 1 rings (SSSR count). The molecule has 0 bridgehead atoms. The molecule has 0 saturated carbocycles. The van der Waals surface area contributed by atoms with Gasteiger partial charge in [-0.05, 0) is 31.5 Å². The summed E-state index contributed by atoms with van der Waals surface area (Å²) in [6, 6.07) is 4.84. The van der Waals surface area contributed by atoms with Gasteiger partial charge < -0.3 is 5.73 Å². The molecule has 0 spiro atoms. The van der Waals surface area contributed by atoms with Gasteiger partial charge in [-0.3, -0.25) is 0 Å². The molecule has 0 saturated heterocycles. The Balaban J connectivity index is 3.35. The first kappa shape index (κ1) is 11.8. The Morgan fingerprint density at radius 1 is 1.40 bits per heavy atom. The van der Waals surface area contributed by atoms with Crippen molar-refractivity contribution < 1.29 is 8.42 Å². The Labute approximate surface area is 90.5 Å². The van der Waals surface area contributed by atoms with Crippen LogP contribution < -0.4 is 5.73 Å². The van der Waals surface area contributed by atoms with Gasteiger partial charge in [-0.2, -0.15) is 0 Å². The fourth-order valence-electron chi connectivity index (χ4n) is 1.21. The summed E-state index contributed by atoms with van der Waals surface area (Å²) < 4.78 is 23.7. The van der Waals surface area contributed by atoms with Crippen LogP contribution in [0.15, 0.2) is 29.7 Å². The highest BCUT2D eigenvalue weighted by Crippen LogP contribution is 2.23. The maximum absolute atomic E-state index is 11.8. The number of anilines is 1. The van der Waals surface area contributed by atoms with Crippen molar-refractivity contribution in [3.05, 3.63) is 30.3 Å². The first-order valence-corrected chi connectivity index (χ1v) is 6.20. The van der Waals surface area contributed by atoms with Crippen molar-refractivity contribution in [1.29, 1.82) is 0 Å². The Hall–Kier alpha value is -1.29. The molecule has 1 aromatic rings. The van der Waals surface area contributed by atoms with E-state index in [1.54, 1.807) is 32.1 Å². The third-order valence-corrected chi connectivity index (χ3v) is 4.42. The molecule has 0 amide bonds. The summed E-state index contributed by atoms with van der Waals surface area (Å²) in [5, 5.41) is -0.464. The fourth-order valence-corrected chi connectivity index (χ4v) is 2.36. The van der Waals surface area contributed by atoms with Crippen LogP contribution in [-0.4, -0.2) is 13.7 Å². The van der Waals surface area contributed by atoms with E-state index in [4.69, 9.17) is 5.73 Å². The summed E-state index contributed by atoms with van der Waals surface area (Å²) in [4.78, 5) is 0.197. The van der Waals surface area contributed by atoms with Gasteiger partial charge in [0.15, 0.2) is 9.84 Å². The van der Waals surface area contributed by atoms with Gasteiger partial charge in [0.2, 0.25) is 0 Å². The lowest BCUT2D eigenvalue weighted by Gasteiger charge is -2.10. The van der Waals surface area contributed by atoms with Crippen molar-refractivity contribution in [3.8, 4) is 0 Å². The minimum absolute atomic E-state index is 0.197. The first-order chi connectivity index (χ1) is 6.89. The van der Waals surface area contributed by atoms with Crippen molar-refractivity contribution in [2.24, 2.45) is 0 Å². The molecule has 0 unspecified atom stereocenters. The van der Waals surface area contributed by atoms with E-state index in [9.17, 15) is 8.42 Å². The van der Waals surface area contributed by atoms with Crippen LogP contribution in [0.5, 0.6) is 0 Å². The van der Waals surface area contributed by atoms with Crippen molar-refractivity contribution in [3.63, 3.8) is 0 Å². The smallest absolute Gasteiger partial charge is 0.182 e. The average Bonchev–Trinajstić information content (AvgIpc) is 2.16. The van der Waals surface area contributed by atoms with Gasteiger partial charge in [0.05, 0.1) is 15.8 Å². The van der Waals surface area contributed by atoms with Gasteiger partial charge in [0.25, 0.3) is 0 Å². The molecule has 0 radical (unpaired) electrons. The molecule has 4 heteroatoms. The molecule has 0 aliphatic rings. The highest BCUT2D eigenvalue weighted by molar-refractivity contribution is 7.92. The Morgan fingerprint density at radius 2 is 2.00 bits per heavy atom. The highest BCUT2D eigenvalue weighted by atomic mass is 32.2. The Morgan fingerprint density at radius 3 is 2.40 bits per heavy atom. The molecule has 2 N–H and O–H groups in total. The molecule has 3 nitrogen and oxygen atoms in total. The van der Waals surface area contributed by atoms with Gasteiger partial charge in [0.1, 0.15) is 0 Å². The lowest BCUT2D eigenvalue weighted by Crippen LogP contribution is -2.15. The van der Waals surface area contributed by atoms with E-state index in [0.717, 1.165) is 5.56 Å². The van der Waals surface area contributed by atoms with Crippen molar-refractivity contribution in [1.82, 2.24) is 0 Å². The minimum Gasteiger partial charge on any atom is -0.398 e. The first-order valence-electron chi connectivity index (χ1n) is 4.65. The maximum Gasteiger partial charge on any atom is 0.182 e. The largest absolute Gasteiger partial charge is 0.398 e. The van der Waals surface area contributed by atoms with E-state index in [2.05, 4.69) is 6.58 Å². The molecule has 0 aliphatic carbocycles. The highest BCUT2D eigenvalue weighted by Gasteiger charge is 2.21. The van der Waals surface area contributed by atoms with E-state index in [1.807, 2.05) is 0 Å². The molecule has 1 aromatic carbocycles. The van der Waals surface area contributed by atoms with E-state index < -0.39 is 15.1 Å². The van der Waals surface area contributed by atoms with Crippen LogP contribution in [0.4, 0.5) is 5.69 Å². The monoisotopic (exact) mass is 225 g/mol. The van der Waals surface area contributed by atoms with E-state index in [0.29, 0.717) is 0 Å². The molecule has 0 heterocycles. The third-order valence-electron chi connectivity index (χ3n) is 2.20. The van der Waals surface area contributed by atoms with Crippen LogP contribution in [0.2, 0.25) is 0 Å². The van der Waals surface area contributed by atoms with Crippen LogP contribution in [0.25, 0.3) is 6.08 Å². The van der Waals surface area contributed by atoms with Crippen LogP contribution in [0, 0.1) is 0 Å². The van der Waals surface area contributed by atoms with E-state index >= 15 is 0 Å². The summed E-state index contributed by atoms with van der Waals surface area (Å²) in [6.07, 6.45) is 1.63. The normalized spacial score (nSPS) is 11.7. The van der Waals surface area contributed by atoms with Gasteiger partial charge in [-0.15, -0.1) is 0 Å². The van der Waals surface area contributed by atoms with Crippen molar-refractivity contribution in [2.75, 3.05) is 5.73 Å². The molecule has 0 fully saturated rings. The summed E-state index contributed by atoms with van der Waals surface area (Å²) in [5.74, 6) is 0. The molecular weight excluding hydrogens is 210 g/mol. The second-order valence-corrected chi connectivity index (χ2v) is 6.07. The van der Waals surface area contributed by atoms with Crippen LogP contribution in [0.3, 0.4) is 0 Å². The van der Waals surface area contributed by atoms with Gasteiger partial charge >= 0.3 is 0 Å². The van der Waals surface area contributed by atoms with Gasteiger partial charge in [-0.25, -0.2) is 8.42 Å². The predicted molar refractivity (Wildman–Crippen MR) is 63.3 cm³/mol. The second-order valence-electron chi connectivity index (χ2n) is 3.60. The minimum atomic E-state index is -3.29. The number of hydrogen-bond acceptors (Lipinski definition) is 3. The topological polar surface area (TPSA) is 60.2 Å². The molecule has 0 aromatic heterocycles. The Kier molecular flexibility index (Phi) is 3.19. The predicted octanol–water partition coefficient (Wildman–Crippen LogP) is 2.09. The zero-order valence-corrected chi connectivity index (χ0v) is 9.71. The van der Waals surface area contributed by atoms with Crippen LogP contribution in [-0.2, 0) is 9.84 Å². The Bertz CT molecular complexity index is 475. The van der Waals surface area contributed by atoms with Gasteiger partial charge in [0, 0.05) is 0 Å². The molecule has 15 heavy (non-hydrogen) atoms. The van der Waals surface area contributed by atoms with Crippen molar-refractivity contribution >= 4 is 21.6 Å². The van der Waals surface area contributed by atoms with Gasteiger partial charge in [-0.1, -0.05) is 18.7 Å². The quantitative estimate of drug-likeness (QED) is 0.801. The SMILES string of the molecule is C=Cc1ccc(S(=O)(=O)C(C)C)c(N)c1. The second kappa shape index (κ2) is 4.06. The average molecular weight is 225 g/mol. The molecule has 82 valence electrons. The number of rotatable bonds is 3. The fraction of sp³-hybridized carbons (Fsp3) is 0.273. The zero-order valence-electron chi connectivity index (χ0n) is 8.90.